The highest BCUT2D eigenvalue weighted by Crippen LogP contribution is 2.20. The first-order valence-corrected chi connectivity index (χ1v) is 8.21. The summed E-state index contributed by atoms with van der Waals surface area (Å²) < 4.78 is 0. The summed E-state index contributed by atoms with van der Waals surface area (Å²) in [5.41, 5.74) is 0. The highest BCUT2D eigenvalue weighted by molar-refractivity contribution is 7.12. The summed E-state index contributed by atoms with van der Waals surface area (Å²) in [5.74, 6) is -0.345. The standard InChI is InChI=1S/C15H22N2O3S/c1-10(16-14(19)13-7-5-9-21-13)15(20)17-8-4-3-6-12(17)11(2)18/h5,7,9-12,18H,3-4,6,8H2,1-2H3,(H,16,19). The molecule has 3 atom stereocenters. The number of nitrogens with zero attached hydrogens (tertiary/aromatic N) is 1. The maximum atomic E-state index is 12.5. The van der Waals surface area contributed by atoms with Gasteiger partial charge in [-0.05, 0) is 44.6 Å². The van der Waals surface area contributed by atoms with Crippen LogP contribution in [0.5, 0.6) is 0 Å². The number of amides is 2. The Morgan fingerprint density at radius 3 is 2.81 bits per heavy atom. The van der Waals surface area contributed by atoms with Crippen LogP contribution >= 0.6 is 11.3 Å². The topological polar surface area (TPSA) is 69.6 Å². The van der Waals surface area contributed by atoms with Crippen molar-refractivity contribution in [2.75, 3.05) is 6.54 Å². The second kappa shape index (κ2) is 7.04. The average molecular weight is 310 g/mol. The first kappa shape index (κ1) is 16.0. The minimum Gasteiger partial charge on any atom is -0.391 e. The number of aliphatic hydroxyl groups is 1. The van der Waals surface area contributed by atoms with Crippen molar-refractivity contribution >= 4 is 23.2 Å². The van der Waals surface area contributed by atoms with Gasteiger partial charge in [0.15, 0.2) is 0 Å². The summed E-state index contributed by atoms with van der Waals surface area (Å²) in [6.45, 7) is 4.06. The van der Waals surface area contributed by atoms with E-state index in [1.54, 1.807) is 30.9 Å². The number of aliphatic hydroxyl groups excluding tert-OH is 1. The molecule has 1 saturated heterocycles. The van der Waals surface area contributed by atoms with Crippen LogP contribution in [0.3, 0.4) is 0 Å². The maximum absolute atomic E-state index is 12.5. The molecule has 2 amide bonds. The van der Waals surface area contributed by atoms with Gasteiger partial charge in [0.1, 0.15) is 6.04 Å². The van der Waals surface area contributed by atoms with Crippen LogP contribution < -0.4 is 5.32 Å². The molecule has 0 spiro atoms. The van der Waals surface area contributed by atoms with E-state index in [-0.39, 0.29) is 17.9 Å². The van der Waals surface area contributed by atoms with Gasteiger partial charge in [0.05, 0.1) is 17.0 Å². The van der Waals surface area contributed by atoms with Gasteiger partial charge in [0.25, 0.3) is 5.91 Å². The second-order valence-corrected chi connectivity index (χ2v) is 6.46. The third kappa shape index (κ3) is 3.83. The fourth-order valence-electron chi connectivity index (χ4n) is 2.72. The quantitative estimate of drug-likeness (QED) is 0.888. The van der Waals surface area contributed by atoms with E-state index in [0.29, 0.717) is 11.4 Å². The zero-order chi connectivity index (χ0) is 15.4. The van der Waals surface area contributed by atoms with Crippen molar-refractivity contribution in [2.24, 2.45) is 0 Å². The summed E-state index contributed by atoms with van der Waals surface area (Å²) in [5, 5.41) is 14.4. The van der Waals surface area contributed by atoms with Crippen molar-refractivity contribution in [3.8, 4) is 0 Å². The molecular weight excluding hydrogens is 288 g/mol. The number of thiophene rings is 1. The molecule has 1 fully saturated rings. The maximum Gasteiger partial charge on any atom is 0.261 e. The first-order valence-electron chi connectivity index (χ1n) is 7.33. The average Bonchev–Trinajstić information content (AvgIpc) is 3.00. The van der Waals surface area contributed by atoms with Gasteiger partial charge in [-0.3, -0.25) is 9.59 Å². The van der Waals surface area contributed by atoms with Crippen molar-refractivity contribution < 1.29 is 14.7 Å². The van der Waals surface area contributed by atoms with E-state index in [0.717, 1.165) is 19.3 Å². The second-order valence-electron chi connectivity index (χ2n) is 5.51. The molecule has 1 aromatic heterocycles. The van der Waals surface area contributed by atoms with Crippen LogP contribution in [0.4, 0.5) is 0 Å². The Hall–Kier alpha value is -1.40. The Balaban J connectivity index is 1.99. The summed E-state index contributed by atoms with van der Waals surface area (Å²) in [6, 6.07) is 2.81. The van der Waals surface area contributed by atoms with Crippen LogP contribution in [-0.2, 0) is 4.79 Å². The van der Waals surface area contributed by atoms with Crippen molar-refractivity contribution in [2.45, 2.75) is 51.3 Å². The SMILES string of the molecule is CC(NC(=O)c1cccs1)C(=O)N1CCCCC1C(C)O. The van der Waals surface area contributed by atoms with Gasteiger partial charge in [-0.25, -0.2) is 0 Å². The monoisotopic (exact) mass is 310 g/mol. The number of carbonyl (C=O) groups is 2. The summed E-state index contributed by atoms with van der Waals surface area (Å²) >= 11 is 1.35. The van der Waals surface area contributed by atoms with E-state index < -0.39 is 12.1 Å². The first-order chi connectivity index (χ1) is 10.0. The highest BCUT2D eigenvalue weighted by atomic mass is 32.1. The lowest BCUT2D eigenvalue weighted by atomic mass is 9.97. The van der Waals surface area contributed by atoms with Gasteiger partial charge in [-0.1, -0.05) is 6.07 Å². The van der Waals surface area contributed by atoms with Gasteiger partial charge in [-0.2, -0.15) is 0 Å². The molecule has 0 aromatic carbocycles. The molecule has 0 saturated carbocycles. The Bertz CT molecular complexity index is 487. The van der Waals surface area contributed by atoms with Gasteiger partial charge in [0.2, 0.25) is 5.91 Å². The normalized spacial score (nSPS) is 21.7. The lowest BCUT2D eigenvalue weighted by Crippen LogP contribution is -2.55. The molecule has 2 heterocycles. The summed E-state index contributed by atoms with van der Waals surface area (Å²) in [6.07, 6.45) is 2.24. The van der Waals surface area contributed by atoms with E-state index in [1.165, 1.54) is 11.3 Å². The molecule has 1 aromatic rings. The largest absolute Gasteiger partial charge is 0.391 e. The van der Waals surface area contributed by atoms with Crippen LogP contribution in [0.2, 0.25) is 0 Å². The number of nitrogens with one attached hydrogen (secondary N) is 1. The van der Waals surface area contributed by atoms with Crippen LogP contribution in [0.15, 0.2) is 17.5 Å². The lowest BCUT2D eigenvalue weighted by molar-refractivity contribution is -0.139. The fourth-order valence-corrected chi connectivity index (χ4v) is 3.35. The van der Waals surface area contributed by atoms with Crippen molar-refractivity contribution in [1.29, 1.82) is 0 Å². The molecule has 5 nitrogen and oxygen atoms in total. The molecule has 0 radical (unpaired) electrons. The van der Waals surface area contributed by atoms with Crippen LogP contribution in [0, 0.1) is 0 Å². The third-order valence-electron chi connectivity index (χ3n) is 3.85. The van der Waals surface area contributed by atoms with Crippen LogP contribution in [0.1, 0.15) is 42.8 Å². The molecule has 2 rings (SSSR count). The molecule has 1 aliphatic heterocycles. The number of hydrogen-bond acceptors (Lipinski definition) is 4. The number of piperidine rings is 1. The smallest absolute Gasteiger partial charge is 0.261 e. The van der Waals surface area contributed by atoms with E-state index in [4.69, 9.17) is 0 Å². The number of hydrogen-bond donors (Lipinski definition) is 2. The molecule has 3 unspecified atom stereocenters. The zero-order valence-electron chi connectivity index (χ0n) is 12.4. The molecule has 0 aliphatic carbocycles. The number of rotatable bonds is 4. The molecular formula is C15H22N2O3S. The van der Waals surface area contributed by atoms with Crippen LogP contribution in [0.25, 0.3) is 0 Å². The predicted octanol–water partition coefficient (Wildman–Crippen LogP) is 1.63. The Morgan fingerprint density at radius 1 is 1.43 bits per heavy atom. The van der Waals surface area contributed by atoms with Crippen molar-refractivity contribution in [3.05, 3.63) is 22.4 Å². The van der Waals surface area contributed by atoms with Gasteiger partial charge < -0.3 is 15.3 Å². The minimum absolute atomic E-state index is 0.120. The molecule has 116 valence electrons. The minimum atomic E-state index is -0.584. The van der Waals surface area contributed by atoms with E-state index >= 15 is 0 Å². The molecule has 21 heavy (non-hydrogen) atoms. The zero-order valence-corrected chi connectivity index (χ0v) is 13.2. The lowest BCUT2D eigenvalue weighted by Gasteiger charge is -2.38. The van der Waals surface area contributed by atoms with E-state index in [1.807, 2.05) is 5.38 Å². The van der Waals surface area contributed by atoms with Crippen molar-refractivity contribution in [1.82, 2.24) is 10.2 Å². The summed E-state index contributed by atoms with van der Waals surface area (Å²) in [7, 11) is 0. The van der Waals surface area contributed by atoms with E-state index in [9.17, 15) is 14.7 Å². The van der Waals surface area contributed by atoms with Gasteiger partial charge in [-0.15, -0.1) is 11.3 Å². The molecule has 6 heteroatoms. The number of likely N-dealkylation sites (tertiary alicyclic amines) is 1. The number of carbonyl (C=O) groups excluding carboxylic acids is 2. The molecule has 2 N–H and O–H groups in total. The predicted molar refractivity (Wildman–Crippen MR) is 82.3 cm³/mol. The highest BCUT2D eigenvalue weighted by Gasteiger charge is 2.32. The summed E-state index contributed by atoms with van der Waals surface area (Å²) in [4.78, 5) is 26.8. The van der Waals surface area contributed by atoms with Crippen molar-refractivity contribution in [3.63, 3.8) is 0 Å². The van der Waals surface area contributed by atoms with Gasteiger partial charge in [0, 0.05) is 6.54 Å². The Labute approximate surface area is 129 Å². The third-order valence-corrected chi connectivity index (χ3v) is 4.72. The van der Waals surface area contributed by atoms with Gasteiger partial charge >= 0.3 is 0 Å². The molecule has 1 aliphatic rings. The Kier molecular flexibility index (Phi) is 5.36. The molecule has 0 bridgehead atoms. The fraction of sp³-hybridized carbons (Fsp3) is 0.600. The van der Waals surface area contributed by atoms with Crippen LogP contribution in [-0.4, -0.2) is 46.6 Å². The Morgan fingerprint density at radius 2 is 2.19 bits per heavy atom. The van der Waals surface area contributed by atoms with E-state index in [2.05, 4.69) is 5.32 Å².